The predicted octanol–water partition coefficient (Wildman–Crippen LogP) is -0.858. The van der Waals surface area contributed by atoms with Crippen molar-refractivity contribution in [3.8, 4) is 0 Å². The van der Waals surface area contributed by atoms with Crippen LogP contribution in [0.25, 0.3) is 12.2 Å². The van der Waals surface area contributed by atoms with Crippen molar-refractivity contribution in [2.75, 3.05) is 24.8 Å². The monoisotopic (exact) mass is 415 g/mol. The molecule has 9 nitrogen and oxygen atoms in total. The molecular formula is C14H20F3N3O6S. The van der Waals surface area contributed by atoms with Crippen molar-refractivity contribution in [1.29, 1.82) is 0 Å². The zero-order chi connectivity index (χ0) is 20.6. The highest BCUT2D eigenvalue weighted by Gasteiger charge is 2.46. The Morgan fingerprint density at radius 1 is 1.37 bits per heavy atom. The van der Waals surface area contributed by atoms with E-state index in [1.807, 2.05) is 4.83 Å². The standard InChI is InChI=1S/C14H20F3N3O6S/c1-26-4-3-11(21)7-5-8-10(6-9(7)14(15,16)17)18-13(23)20(12(8)22)19-27(2,24)25/h5-7,9,11,19,21,24-25H,3-4H2,1-2H3,(H,18,23). The van der Waals surface area contributed by atoms with Crippen molar-refractivity contribution >= 4 is 22.9 Å². The van der Waals surface area contributed by atoms with E-state index in [9.17, 15) is 37.0 Å². The number of aromatic nitrogens is 2. The molecule has 154 valence electrons. The molecule has 0 bridgehead atoms. The zero-order valence-corrected chi connectivity index (χ0v) is 15.2. The van der Waals surface area contributed by atoms with Crippen molar-refractivity contribution in [1.82, 2.24) is 9.66 Å². The highest BCUT2D eigenvalue weighted by Crippen LogP contribution is 2.37. The number of alkyl halides is 3. The summed E-state index contributed by atoms with van der Waals surface area (Å²) in [6.45, 7) is 0.0110. The van der Waals surface area contributed by atoms with Crippen LogP contribution in [0, 0.1) is 11.8 Å². The molecule has 2 rings (SSSR count). The summed E-state index contributed by atoms with van der Waals surface area (Å²) >= 11 is 0. The Morgan fingerprint density at radius 2 is 2.00 bits per heavy atom. The van der Waals surface area contributed by atoms with Crippen LogP contribution in [0.4, 0.5) is 13.2 Å². The number of nitrogens with one attached hydrogen (secondary N) is 2. The van der Waals surface area contributed by atoms with Gasteiger partial charge in [-0.25, -0.2) is 9.63 Å². The number of fused-ring (bicyclic) bond motifs is 1. The average molecular weight is 415 g/mol. The van der Waals surface area contributed by atoms with Gasteiger partial charge in [0, 0.05) is 25.9 Å². The van der Waals surface area contributed by atoms with E-state index >= 15 is 0 Å². The molecule has 0 saturated carbocycles. The van der Waals surface area contributed by atoms with Crippen molar-refractivity contribution in [3.05, 3.63) is 31.4 Å². The molecule has 0 fully saturated rings. The fraction of sp³-hybridized carbons (Fsp3) is 0.571. The van der Waals surface area contributed by atoms with Crippen molar-refractivity contribution in [2.45, 2.75) is 18.7 Å². The highest BCUT2D eigenvalue weighted by atomic mass is 32.3. The zero-order valence-electron chi connectivity index (χ0n) is 14.4. The number of hydrogen-bond acceptors (Lipinski definition) is 7. The second-order valence-electron chi connectivity index (χ2n) is 6.15. The van der Waals surface area contributed by atoms with Crippen LogP contribution in [0.3, 0.4) is 0 Å². The SMILES string of the molecule is COCCC(O)C1C=c2c([nH]c(=O)n(NS(C)(O)O)c2=O)=CC1C(F)(F)F. The molecule has 3 atom stereocenters. The van der Waals surface area contributed by atoms with Gasteiger partial charge in [-0.1, -0.05) is 6.08 Å². The van der Waals surface area contributed by atoms with Crippen LogP contribution in [0.5, 0.6) is 0 Å². The van der Waals surface area contributed by atoms with Gasteiger partial charge in [-0.05, 0) is 12.5 Å². The quantitative estimate of drug-likeness (QED) is 0.408. The maximum Gasteiger partial charge on any atom is 0.395 e. The van der Waals surface area contributed by atoms with Gasteiger partial charge in [-0.15, -0.1) is 10.8 Å². The highest BCUT2D eigenvalue weighted by molar-refractivity contribution is 8.24. The molecule has 3 unspecified atom stereocenters. The fourth-order valence-corrected chi connectivity index (χ4v) is 3.31. The molecule has 0 spiro atoms. The minimum atomic E-state index is -4.73. The summed E-state index contributed by atoms with van der Waals surface area (Å²) in [6.07, 6.45) is -3.75. The molecule has 0 aliphatic heterocycles. The van der Waals surface area contributed by atoms with Gasteiger partial charge in [-0.3, -0.25) is 13.9 Å². The van der Waals surface area contributed by atoms with Gasteiger partial charge < -0.3 is 14.8 Å². The first-order valence-electron chi connectivity index (χ1n) is 7.69. The number of aliphatic hydroxyl groups excluding tert-OH is 1. The molecule has 1 aliphatic rings. The van der Waals surface area contributed by atoms with Gasteiger partial charge in [0.05, 0.1) is 22.6 Å². The van der Waals surface area contributed by atoms with E-state index in [1.54, 1.807) is 0 Å². The Balaban J connectivity index is 2.67. The van der Waals surface area contributed by atoms with Crippen LogP contribution in [0.2, 0.25) is 0 Å². The predicted molar refractivity (Wildman–Crippen MR) is 93.2 cm³/mol. The number of aliphatic hydroxyl groups is 1. The van der Waals surface area contributed by atoms with E-state index in [-0.39, 0.29) is 28.3 Å². The van der Waals surface area contributed by atoms with Crippen molar-refractivity contribution in [2.24, 2.45) is 11.8 Å². The lowest BCUT2D eigenvalue weighted by atomic mass is 9.82. The third-order valence-corrected chi connectivity index (χ3v) is 4.52. The summed E-state index contributed by atoms with van der Waals surface area (Å²) in [5.74, 6) is -3.61. The van der Waals surface area contributed by atoms with E-state index in [1.165, 1.54) is 7.11 Å². The van der Waals surface area contributed by atoms with Gasteiger partial charge in [0.25, 0.3) is 5.56 Å². The van der Waals surface area contributed by atoms with Crippen LogP contribution in [0.15, 0.2) is 9.59 Å². The van der Waals surface area contributed by atoms with Crippen molar-refractivity contribution in [3.63, 3.8) is 0 Å². The molecule has 1 heterocycles. The van der Waals surface area contributed by atoms with Crippen LogP contribution in [-0.2, 0) is 4.74 Å². The van der Waals surface area contributed by atoms with Gasteiger partial charge in [0.15, 0.2) is 0 Å². The Labute approximate surface area is 152 Å². The number of hydrogen-bond donors (Lipinski definition) is 5. The third kappa shape index (κ3) is 4.93. The third-order valence-electron chi connectivity index (χ3n) is 3.99. The lowest BCUT2D eigenvalue weighted by Crippen LogP contribution is -2.59. The first-order chi connectivity index (χ1) is 12.3. The lowest BCUT2D eigenvalue weighted by Gasteiger charge is -2.31. The Kier molecular flexibility index (Phi) is 6.11. The maximum atomic E-state index is 13.4. The second kappa shape index (κ2) is 7.67. The van der Waals surface area contributed by atoms with Crippen molar-refractivity contribution < 1.29 is 32.1 Å². The molecule has 13 heteroatoms. The molecule has 1 aromatic rings. The Morgan fingerprint density at radius 3 is 2.52 bits per heavy atom. The maximum absolute atomic E-state index is 13.4. The van der Waals surface area contributed by atoms with E-state index in [0.717, 1.165) is 12.3 Å². The molecular weight excluding hydrogens is 395 g/mol. The van der Waals surface area contributed by atoms with E-state index in [0.29, 0.717) is 6.08 Å². The molecule has 1 aliphatic carbocycles. The Hall–Kier alpha value is -1.80. The summed E-state index contributed by atoms with van der Waals surface area (Å²) in [5, 5.41) is 9.51. The smallest absolute Gasteiger partial charge is 0.392 e. The molecule has 27 heavy (non-hydrogen) atoms. The van der Waals surface area contributed by atoms with Crippen LogP contribution < -0.4 is 26.6 Å². The molecule has 0 radical (unpaired) electrons. The fourth-order valence-electron chi connectivity index (χ4n) is 2.80. The number of rotatable bonds is 6. The molecule has 0 aromatic carbocycles. The number of H-pyrrole nitrogens is 1. The van der Waals surface area contributed by atoms with E-state index in [4.69, 9.17) is 4.74 Å². The molecule has 0 amide bonds. The normalized spacial score (nSPS) is 21.6. The summed E-state index contributed by atoms with van der Waals surface area (Å²) in [7, 11) is -2.17. The number of methoxy groups -OCH3 is 1. The van der Waals surface area contributed by atoms with Gasteiger partial charge in [-0.2, -0.15) is 17.8 Å². The van der Waals surface area contributed by atoms with E-state index in [2.05, 4.69) is 4.98 Å². The van der Waals surface area contributed by atoms with Crippen LogP contribution in [0.1, 0.15) is 6.42 Å². The summed E-state index contributed by atoms with van der Waals surface area (Å²) in [4.78, 5) is 28.5. The lowest BCUT2D eigenvalue weighted by molar-refractivity contribution is -0.172. The van der Waals surface area contributed by atoms with Gasteiger partial charge in [0.2, 0.25) is 0 Å². The van der Waals surface area contributed by atoms with Crippen LogP contribution in [-0.4, -0.2) is 56.1 Å². The minimum Gasteiger partial charge on any atom is -0.392 e. The largest absolute Gasteiger partial charge is 0.395 e. The molecule has 0 saturated heterocycles. The number of aromatic amines is 1. The number of nitrogens with zero attached hydrogens (tertiary/aromatic N) is 1. The van der Waals surface area contributed by atoms with Gasteiger partial charge in [0.1, 0.15) is 0 Å². The summed E-state index contributed by atoms with van der Waals surface area (Å²) in [5.41, 5.74) is -2.24. The topological polar surface area (TPSA) is 137 Å². The first kappa shape index (κ1) is 21.5. The minimum absolute atomic E-state index is 0.0110. The summed E-state index contributed by atoms with van der Waals surface area (Å²) < 4.78 is 64.1. The van der Waals surface area contributed by atoms with Gasteiger partial charge >= 0.3 is 11.9 Å². The van der Waals surface area contributed by atoms with Crippen LogP contribution >= 0.6 is 10.8 Å². The summed E-state index contributed by atoms with van der Waals surface area (Å²) in [6, 6.07) is 0. The average Bonchev–Trinajstić information content (AvgIpc) is 2.53. The number of halogens is 3. The molecule has 1 aromatic heterocycles. The molecule has 5 N–H and O–H groups in total. The number of ether oxygens (including phenoxy) is 1. The van der Waals surface area contributed by atoms with E-state index < -0.39 is 46.1 Å². The first-order valence-corrected chi connectivity index (χ1v) is 9.64. The second-order valence-corrected chi connectivity index (χ2v) is 8.00. The Bertz CT molecular complexity index is 920.